The normalized spacial score (nSPS) is 12.1. The molecule has 0 bridgehead atoms. The highest BCUT2D eigenvalue weighted by molar-refractivity contribution is 5.98. The molecule has 1 aromatic heterocycles. The third kappa shape index (κ3) is 3.97. The second-order valence-corrected chi connectivity index (χ2v) is 8.51. The Morgan fingerprint density at radius 3 is 2.35 bits per heavy atom. The number of benzene rings is 4. The first kappa shape index (κ1) is 21.6. The predicted molar refractivity (Wildman–Crippen MR) is 136 cm³/mol. The van der Waals surface area contributed by atoms with Crippen LogP contribution in [0.25, 0.3) is 21.7 Å². The lowest BCUT2D eigenvalue weighted by molar-refractivity contribution is 0.0663. The van der Waals surface area contributed by atoms with Gasteiger partial charge in [0.1, 0.15) is 5.82 Å². The Morgan fingerprint density at radius 2 is 1.56 bits per heavy atom. The summed E-state index contributed by atoms with van der Waals surface area (Å²) in [6, 6.07) is 30.5. The molecule has 0 radical (unpaired) electrons. The third-order valence-corrected chi connectivity index (χ3v) is 6.31. The lowest BCUT2D eigenvalue weighted by Gasteiger charge is -2.30. The van der Waals surface area contributed by atoms with E-state index in [0.29, 0.717) is 28.8 Å². The van der Waals surface area contributed by atoms with E-state index >= 15 is 0 Å². The maximum absolute atomic E-state index is 13.9. The van der Waals surface area contributed by atoms with Gasteiger partial charge >= 0.3 is 0 Å². The molecule has 4 aromatic carbocycles. The number of fused-ring (bicyclic) bond motifs is 2. The first-order valence-corrected chi connectivity index (χ1v) is 11.3. The molecule has 1 atom stereocenters. The molecular weight excluding hydrogens is 422 g/mol. The van der Waals surface area contributed by atoms with Crippen molar-refractivity contribution in [1.29, 1.82) is 0 Å². The van der Waals surface area contributed by atoms with Crippen molar-refractivity contribution < 1.29 is 4.79 Å². The van der Waals surface area contributed by atoms with Gasteiger partial charge < -0.3 is 4.90 Å². The van der Waals surface area contributed by atoms with Crippen LogP contribution in [0.15, 0.2) is 102 Å². The molecule has 1 unspecified atom stereocenters. The number of para-hydroxylation sites is 1. The molecule has 0 saturated heterocycles. The summed E-state index contributed by atoms with van der Waals surface area (Å²) in [7, 11) is 1.72. The summed E-state index contributed by atoms with van der Waals surface area (Å²) in [5, 5.41) is 2.66. The summed E-state index contributed by atoms with van der Waals surface area (Å²) in [5.41, 5.74) is 2.12. The summed E-state index contributed by atoms with van der Waals surface area (Å²) in [6.07, 6.45) is 0. The lowest BCUT2D eigenvalue weighted by Crippen LogP contribution is -2.36. The van der Waals surface area contributed by atoms with Gasteiger partial charge in [0.05, 0.1) is 16.9 Å². The zero-order valence-electron chi connectivity index (χ0n) is 19.2. The minimum Gasteiger partial charge on any atom is -0.324 e. The van der Waals surface area contributed by atoms with Crippen molar-refractivity contribution in [3.8, 4) is 0 Å². The molecule has 1 heterocycles. The number of rotatable bonds is 5. The zero-order chi connectivity index (χ0) is 23.7. The molecule has 168 valence electrons. The highest BCUT2D eigenvalue weighted by Gasteiger charge is 2.26. The van der Waals surface area contributed by atoms with Crippen molar-refractivity contribution in [2.45, 2.75) is 19.5 Å². The molecule has 0 N–H and O–H groups in total. The van der Waals surface area contributed by atoms with Crippen LogP contribution in [0.5, 0.6) is 0 Å². The Kier molecular flexibility index (Phi) is 5.68. The number of hydrogen-bond acceptors (Lipinski definition) is 3. The average molecular weight is 448 g/mol. The number of carbonyl (C=O) groups excluding carboxylic acids is 1. The van der Waals surface area contributed by atoms with Gasteiger partial charge in [-0.25, -0.2) is 4.98 Å². The molecule has 5 rings (SSSR count). The Labute approximate surface area is 197 Å². The van der Waals surface area contributed by atoms with Crippen molar-refractivity contribution >= 4 is 27.6 Å². The summed E-state index contributed by atoms with van der Waals surface area (Å²) in [4.78, 5) is 33.5. The number of hydrogen-bond donors (Lipinski definition) is 0. The SMILES string of the molecule is CC(c1nc2ccccc2c(=O)n1C)N(Cc1ccccc1)C(=O)c1ccc2ccccc2c1. The highest BCUT2D eigenvalue weighted by Crippen LogP contribution is 2.25. The first-order chi connectivity index (χ1) is 16.5. The molecule has 0 aliphatic rings. The van der Waals surface area contributed by atoms with Gasteiger partial charge in [-0.15, -0.1) is 0 Å². The van der Waals surface area contributed by atoms with Crippen LogP contribution >= 0.6 is 0 Å². The minimum atomic E-state index is -0.429. The van der Waals surface area contributed by atoms with Crippen molar-refractivity contribution in [1.82, 2.24) is 14.5 Å². The van der Waals surface area contributed by atoms with Gasteiger partial charge in [0.15, 0.2) is 0 Å². The quantitative estimate of drug-likeness (QED) is 0.358. The molecule has 5 nitrogen and oxygen atoms in total. The Balaban J connectivity index is 1.61. The van der Waals surface area contributed by atoms with Crippen LogP contribution in [-0.2, 0) is 13.6 Å². The average Bonchev–Trinajstić information content (AvgIpc) is 2.89. The first-order valence-electron chi connectivity index (χ1n) is 11.3. The molecule has 0 saturated carbocycles. The summed E-state index contributed by atoms with van der Waals surface area (Å²) in [5.74, 6) is 0.443. The van der Waals surface area contributed by atoms with Crippen molar-refractivity contribution in [3.63, 3.8) is 0 Å². The Bertz CT molecular complexity index is 1560. The van der Waals surface area contributed by atoms with E-state index in [2.05, 4.69) is 0 Å². The number of aromatic nitrogens is 2. The molecule has 1 amide bonds. The van der Waals surface area contributed by atoms with Gasteiger partial charge in [0.2, 0.25) is 0 Å². The minimum absolute atomic E-state index is 0.107. The smallest absolute Gasteiger partial charge is 0.261 e. The number of amides is 1. The molecule has 0 spiro atoms. The van der Waals surface area contributed by atoms with Crippen LogP contribution in [0.1, 0.15) is 34.7 Å². The van der Waals surface area contributed by atoms with E-state index in [9.17, 15) is 9.59 Å². The van der Waals surface area contributed by atoms with E-state index in [1.54, 1.807) is 22.6 Å². The second kappa shape index (κ2) is 8.94. The van der Waals surface area contributed by atoms with Gasteiger partial charge in [0, 0.05) is 19.2 Å². The summed E-state index contributed by atoms with van der Waals surface area (Å²) < 4.78 is 1.55. The maximum atomic E-state index is 13.9. The van der Waals surface area contributed by atoms with Gasteiger partial charge in [-0.2, -0.15) is 0 Å². The van der Waals surface area contributed by atoms with E-state index in [4.69, 9.17) is 4.98 Å². The van der Waals surface area contributed by atoms with E-state index in [1.165, 1.54) is 0 Å². The van der Waals surface area contributed by atoms with Gasteiger partial charge in [-0.05, 0) is 47.5 Å². The number of carbonyl (C=O) groups is 1. The van der Waals surface area contributed by atoms with Crippen LogP contribution < -0.4 is 5.56 Å². The van der Waals surface area contributed by atoms with E-state index in [-0.39, 0.29) is 11.5 Å². The van der Waals surface area contributed by atoms with Crippen molar-refractivity contribution in [3.05, 3.63) is 124 Å². The summed E-state index contributed by atoms with van der Waals surface area (Å²) in [6.45, 7) is 2.33. The topological polar surface area (TPSA) is 55.2 Å². The maximum Gasteiger partial charge on any atom is 0.261 e. The fraction of sp³-hybridized carbons (Fsp3) is 0.138. The van der Waals surface area contributed by atoms with Crippen LogP contribution in [-0.4, -0.2) is 20.4 Å². The van der Waals surface area contributed by atoms with Gasteiger partial charge in [-0.1, -0.05) is 72.8 Å². The molecule has 0 fully saturated rings. The van der Waals surface area contributed by atoms with Crippen molar-refractivity contribution in [2.75, 3.05) is 0 Å². The van der Waals surface area contributed by atoms with Gasteiger partial charge in [-0.3, -0.25) is 14.2 Å². The fourth-order valence-corrected chi connectivity index (χ4v) is 4.40. The standard InChI is InChI=1S/C29H25N3O2/c1-20(27-30-26-15-9-8-14-25(26)29(34)31(27)2)32(19-21-10-4-3-5-11-21)28(33)24-17-16-22-12-6-7-13-23(22)18-24/h3-18,20H,19H2,1-2H3. The molecule has 34 heavy (non-hydrogen) atoms. The molecular formula is C29H25N3O2. The number of nitrogens with zero attached hydrogens (tertiary/aromatic N) is 3. The summed E-state index contributed by atoms with van der Waals surface area (Å²) >= 11 is 0. The Morgan fingerprint density at radius 1 is 0.882 bits per heavy atom. The largest absolute Gasteiger partial charge is 0.324 e. The van der Waals surface area contributed by atoms with E-state index in [0.717, 1.165) is 16.3 Å². The van der Waals surface area contributed by atoms with Gasteiger partial charge in [0.25, 0.3) is 11.5 Å². The third-order valence-electron chi connectivity index (χ3n) is 6.31. The lowest BCUT2D eigenvalue weighted by atomic mass is 10.0. The van der Waals surface area contributed by atoms with Crippen LogP contribution in [0.4, 0.5) is 0 Å². The van der Waals surface area contributed by atoms with E-state index in [1.807, 2.05) is 97.9 Å². The molecule has 5 heteroatoms. The van der Waals surface area contributed by atoms with Crippen LogP contribution in [0.3, 0.4) is 0 Å². The predicted octanol–water partition coefficient (Wildman–Crippen LogP) is 5.49. The molecule has 0 aliphatic carbocycles. The molecule has 0 aliphatic heterocycles. The zero-order valence-corrected chi connectivity index (χ0v) is 19.2. The van der Waals surface area contributed by atoms with Crippen molar-refractivity contribution in [2.24, 2.45) is 7.05 Å². The fourth-order valence-electron chi connectivity index (χ4n) is 4.40. The molecule has 5 aromatic rings. The highest BCUT2D eigenvalue weighted by atomic mass is 16.2. The second-order valence-electron chi connectivity index (χ2n) is 8.51. The van der Waals surface area contributed by atoms with Crippen LogP contribution in [0, 0.1) is 0 Å². The van der Waals surface area contributed by atoms with E-state index < -0.39 is 6.04 Å². The monoisotopic (exact) mass is 447 g/mol. The Hall–Kier alpha value is -4.25. The van der Waals surface area contributed by atoms with Crippen LogP contribution in [0.2, 0.25) is 0 Å².